The number of sulfone groups is 1. The second-order valence-corrected chi connectivity index (χ2v) is 10.3. The lowest BCUT2D eigenvalue weighted by Crippen LogP contribution is -2.45. The fourth-order valence-electron chi connectivity index (χ4n) is 3.32. The molecule has 0 spiro atoms. The van der Waals surface area contributed by atoms with E-state index in [9.17, 15) is 12.8 Å². The number of aromatic nitrogens is 2. The van der Waals surface area contributed by atoms with Gasteiger partial charge in [-0.25, -0.2) is 17.8 Å². The molecule has 0 amide bonds. The smallest absolute Gasteiger partial charge is 0.203 e. The van der Waals surface area contributed by atoms with Gasteiger partial charge in [0.25, 0.3) is 0 Å². The molecule has 0 fully saturated rings. The molecule has 2 atom stereocenters. The van der Waals surface area contributed by atoms with Gasteiger partial charge >= 0.3 is 0 Å². The summed E-state index contributed by atoms with van der Waals surface area (Å²) in [6, 6.07) is 10.4. The van der Waals surface area contributed by atoms with Crippen molar-refractivity contribution in [1.82, 2.24) is 9.36 Å². The zero-order chi connectivity index (χ0) is 23.3. The first-order chi connectivity index (χ1) is 15.2. The van der Waals surface area contributed by atoms with E-state index < -0.39 is 21.3 Å². The zero-order valence-electron chi connectivity index (χ0n) is 18.2. The summed E-state index contributed by atoms with van der Waals surface area (Å²) in [6.07, 6.45) is 1.67. The molecule has 172 valence electrons. The Balaban J connectivity index is 1.83. The van der Waals surface area contributed by atoms with Crippen LogP contribution < -0.4 is 15.8 Å². The lowest BCUT2D eigenvalue weighted by Gasteiger charge is -2.24. The summed E-state index contributed by atoms with van der Waals surface area (Å²) in [7, 11) is -2.28. The Morgan fingerprint density at radius 2 is 1.94 bits per heavy atom. The molecule has 3 aromatic rings. The van der Waals surface area contributed by atoms with Crippen molar-refractivity contribution in [2.75, 3.05) is 12.4 Å². The van der Waals surface area contributed by atoms with Crippen LogP contribution in [0.1, 0.15) is 36.7 Å². The summed E-state index contributed by atoms with van der Waals surface area (Å²) in [6.45, 7) is 3.65. The Morgan fingerprint density at radius 1 is 1.22 bits per heavy atom. The van der Waals surface area contributed by atoms with Crippen LogP contribution in [0.3, 0.4) is 0 Å². The number of methoxy groups -OCH3 is 1. The highest BCUT2D eigenvalue weighted by Crippen LogP contribution is 2.25. The van der Waals surface area contributed by atoms with E-state index in [1.54, 1.807) is 31.2 Å². The van der Waals surface area contributed by atoms with Crippen LogP contribution in [0.5, 0.6) is 5.75 Å². The van der Waals surface area contributed by atoms with Crippen molar-refractivity contribution in [2.24, 2.45) is 5.73 Å². The minimum Gasteiger partial charge on any atom is -0.497 e. The van der Waals surface area contributed by atoms with E-state index in [0.29, 0.717) is 35.1 Å². The molecular weight excluding hydrogens is 451 g/mol. The number of rotatable bonds is 10. The highest BCUT2D eigenvalue weighted by atomic mass is 32.2. The van der Waals surface area contributed by atoms with Gasteiger partial charge in [-0.05, 0) is 54.8 Å². The number of nitrogens with two attached hydrogens (primary N) is 1. The number of ether oxygens (including phenoxy) is 1. The van der Waals surface area contributed by atoms with Crippen LogP contribution in [-0.2, 0) is 16.3 Å². The Kier molecular flexibility index (Phi) is 7.81. The first-order valence-corrected chi connectivity index (χ1v) is 12.5. The summed E-state index contributed by atoms with van der Waals surface area (Å²) < 4.78 is 49.7. The van der Waals surface area contributed by atoms with Gasteiger partial charge in [0.1, 0.15) is 17.4 Å². The quantitative estimate of drug-likeness (QED) is 0.455. The van der Waals surface area contributed by atoms with Gasteiger partial charge in [-0.2, -0.15) is 4.37 Å². The average molecular weight is 479 g/mol. The van der Waals surface area contributed by atoms with Crippen molar-refractivity contribution in [3.8, 4) is 5.75 Å². The molecule has 0 saturated heterocycles. The van der Waals surface area contributed by atoms with E-state index in [2.05, 4.69) is 14.7 Å². The van der Waals surface area contributed by atoms with Gasteiger partial charge in [-0.3, -0.25) is 0 Å². The Bertz CT molecular complexity index is 1150. The second kappa shape index (κ2) is 10.4. The third-order valence-electron chi connectivity index (χ3n) is 5.05. The highest BCUT2D eigenvalue weighted by Gasteiger charge is 2.33. The van der Waals surface area contributed by atoms with Crippen LogP contribution >= 0.6 is 11.5 Å². The van der Waals surface area contributed by atoms with E-state index in [-0.39, 0.29) is 10.7 Å². The molecule has 3 rings (SSSR count). The normalized spacial score (nSPS) is 13.5. The summed E-state index contributed by atoms with van der Waals surface area (Å²) in [5, 5.41) is 2.30. The van der Waals surface area contributed by atoms with Crippen LogP contribution in [0.25, 0.3) is 0 Å². The van der Waals surface area contributed by atoms with E-state index >= 15 is 0 Å². The number of nitrogens with one attached hydrogen (secondary N) is 1. The molecular formula is C22H27FN4O3S2. The number of aryl methyl sites for hydroxylation is 1. The molecule has 10 heteroatoms. The minimum absolute atomic E-state index is 0.147. The number of anilines is 1. The van der Waals surface area contributed by atoms with Crippen molar-refractivity contribution < 1.29 is 17.5 Å². The van der Waals surface area contributed by atoms with Crippen molar-refractivity contribution >= 4 is 26.5 Å². The largest absolute Gasteiger partial charge is 0.497 e. The summed E-state index contributed by atoms with van der Waals surface area (Å²) in [5.41, 5.74) is 7.69. The van der Waals surface area contributed by atoms with Gasteiger partial charge in [-0.1, -0.05) is 25.5 Å². The molecule has 0 bridgehead atoms. The van der Waals surface area contributed by atoms with E-state index in [1.807, 2.05) is 6.92 Å². The molecule has 32 heavy (non-hydrogen) atoms. The molecule has 0 aliphatic carbocycles. The van der Waals surface area contributed by atoms with Crippen LogP contribution in [0.4, 0.5) is 9.52 Å². The van der Waals surface area contributed by atoms with Crippen LogP contribution in [-0.4, -0.2) is 36.3 Å². The molecule has 2 aromatic carbocycles. The molecule has 0 saturated carbocycles. The molecule has 1 aromatic heterocycles. The van der Waals surface area contributed by atoms with Crippen molar-refractivity contribution in [3.63, 3.8) is 0 Å². The maximum atomic E-state index is 13.5. The van der Waals surface area contributed by atoms with Gasteiger partial charge in [-0.15, -0.1) is 0 Å². The highest BCUT2D eigenvalue weighted by molar-refractivity contribution is 7.92. The van der Waals surface area contributed by atoms with E-state index in [0.717, 1.165) is 23.5 Å². The molecule has 1 heterocycles. The van der Waals surface area contributed by atoms with Crippen LogP contribution in [0.15, 0.2) is 47.4 Å². The number of hydrogen-bond donors (Lipinski definition) is 2. The maximum Gasteiger partial charge on any atom is 0.203 e. The van der Waals surface area contributed by atoms with Crippen LogP contribution in [0.2, 0.25) is 0 Å². The monoisotopic (exact) mass is 478 g/mol. The standard InChI is InChI=1S/C22H27FN4O3S2/c1-4-5-19(24)21(32(28,29)17-9-7-16(30-3)8-10-17)26-22-25-20(27-31-22)13-15-6-11-18(23)14(2)12-15/h6-12,19,21H,4-5,13,24H2,1-3H3,(H,25,26,27). The van der Waals surface area contributed by atoms with Gasteiger partial charge in [0.05, 0.1) is 12.0 Å². The number of nitrogens with zero attached hydrogens (tertiary/aromatic N) is 2. The van der Waals surface area contributed by atoms with Gasteiger partial charge in [0.15, 0.2) is 5.37 Å². The fourth-order valence-corrected chi connectivity index (χ4v) is 5.69. The Morgan fingerprint density at radius 3 is 2.56 bits per heavy atom. The third kappa shape index (κ3) is 5.62. The second-order valence-electron chi connectivity index (χ2n) is 7.51. The Hall–Kier alpha value is -2.56. The van der Waals surface area contributed by atoms with Gasteiger partial charge in [0, 0.05) is 24.0 Å². The van der Waals surface area contributed by atoms with E-state index in [4.69, 9.17) is 10.5 Å². The maximum absolute atomic E-state index is 13.5. The first kappa shape index (κ1) is 24.1. The molecule has 7 nitrogen and oxygen atoms in total. The molecule has 0 aliphatic heterocycles. The summed E-state index contributed by atoms with van der Waals surface area (Å²) >= 11 is 1.07. The molecule has 0 radical (unpaired) electrons. The molecule has 3 N–H and O–H groups in total. The zero-order valence-corrected chi connectivity index (χ0v) is 19.8. The van der Waals surface area contributed by atoms with Crippen LogP contribution in [0, 0.1) is 12.7 Å². The van der Waals surface area contributed by atoms with Crippen molar-refractivity contribution in [3.05, 3.63) is 65.2 Å². The van der Waals surface area contributed by atoms with Gasteiger partial charge < -0.3 is 15.8 Å². The van der Waals surface area contributed by atoms with Crippen molar-refractivity contribution in [2.45, 2.75) is 49.4 Å². The lowest BCUT2D eigenvalue weighted by atomic mass is 10.1. The van der Waals surface area contributed by atoms with Crippen molar-refractivity contribution in [1.29, 1.82) is 0 Å². The lowest BCUT2D eigenvalue weighted by molar-refractivity contribution is 0.414. The number of benzene rings is 2. The molecule has 0 aliphatic rings. The predicted molar refractivity (Wildman–Crippen MR) is 124 cm³/mol. The first-order valence-electron chi connectivity index (χ1n) is 10.2. The summed E-state index contributed by atoms with van der Waals surface area (Å²) in [4.78, 5) is 4.58. The molecule has 2 unspecified atom stereocenters. The minimum atomic E-state index is -3.80. The Labute approximate surface area is 191 Å². The summed E-state index contributed by atoms with van der Waals surface area (Å²) in [5.74, 6) is 0.822. The fraction of sp³-hybridized carbons (Fsp3) is 0.364. The topological polar surface area (TPSA) is 107 Å². The number of hydrogen-bond acceptors (Lipinski definition) is 8. The van der Waals surface area contributed by atoms with Gasteiger partial charge in [0.2, 0.25) is 15.0 Å². The SMILES string of the molecule is CCCC(N)C(Nc1nc(Cc2ccc(F)c(C)c2)ns1)S(=O)(=O)c1ccc(OC)cc1. The van der Waals surface area contributed by atoms with E-state index in [1.165, 1.54) is 25.3 Å². The average Bonchev–Trinajstić information content (AvgIpc) is 3.21. The number of halogens is 1. The third-order valence-corrected chi connectivity index (χ3v) is 7.80. The predicted octanol–water partition coefficient (Wildman–Crippen LogP) is 3.92.